The molecule has 8 heteroatoms. The zero-order chi connectivity index (χ0) is 15.2. The van der Waals surface area contributed by atoms with Crippen LogP contribution in [0.4, 0.5) is 0 Å². The van der Waals surface area contributed by atoms with Crippen LogP contribution in [0.25, 0.3) is 0 Å². The summed E-state index contributed by atoms with van der Waals surface area (Å²) in [5.74, 6) is 0.167. The van der Waals surface area contributed by atoms with Crippen molar-refractivity contribution in [3.63, 3.8) is 0 Å². The van der Waals surface area contributed by atoms with Gasteiger partial charge in [-0.2, -0.15) is 0 Å². The monoisotopic (exact) mass is 734 g/mol. The Labute approximate surface area is 162 Å². The summed E-state index contributed by atoms with van der Waals surface area (Å²) >= 11 is 4.16. The number of halogens is 4. The molecule has 0 aliphatic rings. The van der Waals surface area contributed by atoms with Crippen molar-refractivity contribution in [3.8, 4) is 0 Å². The first-order chi connectivity index (χ1) is 9.65. The van der Waals surface area contributed by atoms with E-state index in [0.29, 0.717) is 10.2 Å². The van der Waals surface area contributed by atoms with Gasteiger partial charge in [-0.05, 0) is 0 Å². The fourth-order valence-corrected chi connectivity index (χ4v) is 7.67. The third kappa shape index (κ3) is 12.6. The second-order valence-corrected chi connectivity index (χ2v) is 12.4. The van der Waals surface area contributed by atoms with E-state index in [1.165, 1.54) is 0 Å². The van der Waals surface area contributed by atoms with Crippen molar-refractivity contribution in [3.05, 3.63) is 0 Å². The Hall–Kier alpha value is 2.02. The summed E-state index contributed by atoms with van der Waals surface area (Å²) in [6, 6.07) is 0.0738. The van der Waals surface area contributed by atoms with Gasteiger partial charge in [-0.15, -0.1) is 0 Å². The van der Waals surface area contributed by atoms with Crippen LogP contribution in [0.15, 0.2) is 0 Å². The molecule has 0 bridgehead atoms. The van der Waals surface area contributed by atoms with E-state index in [1.807, 2.05) is 0 Å². The Morgan fingerprint density at radius 1 is 1.15 bits per heavy atom. The summed E-state index contributed by atoms with van der Waals surface area (Å²) in [6.45, 7) is 2.88. The zero-order valence-electron chi connectivity index (χ0n) is 11.6. The van der Waals surface area contributed by atoms with Crippen LogP contribution in [0.3, 0.4) is 0 Å². The predicted octanol–water partition coefficient (Wildman–Crippen LogP) is -2.87. The Balaban J connectivity index is 3.62. The molecule has 4 nitrogen and oxygen atoms in total. The van der Waals surface area contributed by atoms with E-state index < -0.39 is 0 Å². The molecule has 0 aromatic carbocycles. The van der Waals surface area contributed by atoms with Gasteiger partial charge in [-0.1, -0.05) is 6.92 Å². The van der Waals surface area contributed by atoms with E-state index in [-0.39, 0.29) is 46.7 Å². The fraction of sp³-hybridized carbons (Fsp3) is 0.833. The molecule has 0 rings (SSSR count). The van der Waals surface area contributed by atoms with Crippen LogP contribution in [0, 0.1) is 0 Å². The normalized spacial score (nSPS) is 12.6. The molecule has 0 heterocycles. The molecule has 2 N–H and O–H groups in total. The summed E-state index contributed by atoms with van der Waals surface area (Å²) in [5, 5.41) is 2.96. The van der Waals surface area contributed by atoms with E-state index in [1.54, 1.807) is 0 Å². The van der Waals surface area contributed by atoms with Crippen LogP contribution in [-0.2, 0) is 9.59 Å². The number of unbranched alkanes of at least 4 members (excludes halogenated alkanes) is 3. The maximum atomic E-state index is 11.7. The topological polar surface area (TPSA) is 58.2 Å². The molecule has 0 aromatic heterocycles. The zero-order valence-corrected chi connectivity index (χ0v) is 20.2. The van der Waals surface area contributed by atoms with Crippen LogP contribution >= 0.6 is 37.2 Å². The van der Waals surface area contributed by atoms with Gasteiger partial charge in [-0.25, -0.2) is 0 Å². The van der Waals surface area contributed by atoms with Crippen molar-refractivity contribution in [2.45, 2.75) is 57.9 Å². The molecule has 0 aliphatic carbocycles. The Kier molecular flexibility index (Phi) is 17.5. The number of rotatable bonds is 13. The van der Waals surface area contributed by atoms with E-state index in [0.717, 1.165) is 45.1 Å². The molecule has 0 aliphatic heterocycles. The molecular weight excluding hydrogens is 712 g/mol. The molecule has 122 valence electrons. The molecular formula is C12H22I4N2O2-2. The average molecular weight is 734 g/mol. The molecule has 0 spiro atoms. The Morgan fingerprint density at radius 3 is 2.50 bits per heavy atom. The van der Waals surface area contributed by atoms with Gasteiger partial charge in [0.2, 0.25) is 0 Å². The summed E-state index contributed by atoms with van der Waals surface area (Å²) in [4.78, 5) is 23.2. The van der Waals surface area contributed by atoms with Crippen molar-refractivity contribution in [2.75, 3.05) is 6.54 Å². The van der Waals surface area contributed by atoms with Gasteiger partial charge >= 0.3 is 158 Å². The SMILES string of the molecule is CCCCCC(=O)NCCCCC(N[I-]I)C(=O)[I-]I. The van der Waals surface area contributed by atoms with E-state index in [9.17, 15) is 9.59 Å². The van der Waals surface area contributed by atoms with Crippen LogP contribution in [0.1, 0.15) is 51.9 Å². The quantitative estimate of drug-likeness (QED) is 0.0928. The van der Waals surface area contributed by atoms with Crippen molar-refractivity contribution >= 4 is 46.9 Å². The number of amides is 1. The predicted molar refractivity (Wildman–Crippen MR) is 91.0 cm³/mol. The van der Waals surface area contributed by atoms with Crippen molar-refractivity contribution in [2.24, 2.45) is 0 Å². The van der Waals surface area contributed by atoms with Gasteiger partial charge in [0.15, 0.2) is 0 Å². The van der Waals surface area contributed by atoms with Crippen molar-refractivity contribution in [1.29, 1.82) is 0 Å². The third-order valence-electron chi connectivity index (χ3n) is 2.77. The summed E-state index contributed by atoms with van der Waals surface area (Å²) in [5.41, 5.74) is 0. The van der Waals surface area contributed by atoms with Gasteiger partial charge < -0.3 is 0 Å². The molecule has 1 amide bonds. The number of hydrogen-bond acceptors (Lipinski definition) is 3. The van der Waals surface area contributed by atoms with E-state index in [2.05, 4.69) is 53.0 Å². The minimum atomic E-state index is -0.341. The van der Waals surface area contributed by atoms with Crippen LogP contribution in [0.2, 0.25) is 0 Å². The number of carbonyl (C=O) groups excluding carboxylic acids is 2. The molecule has 20 heavy (non-hydrogen) atoms. The van der Waals surface area contributed by atoms with Gasteiger partial charge in [0, 0.05) is 0 Å². The second-order valence-electron chi connectivity index (χ2n) is 4.41. The Bertz CT molecular complexity index is 280. The van der Waals surface area contributed by atoms with E-state index >= 15 is 0 Å². The molecule has 1 atom stereocenters. The molecule has 0 radical (unpaired) electrons. The van der Waals surface area contributed by atoms with Crippen molar-refractivity contribution < 1.29 is 44.3 Å². The molecule has 0 saturated carbocycles. The van der Waals surface area contributed by atoms with Gasteiger partial charge in [-0.3, -0.25) is 0 Å². The molecule has 1 unspecified atom stereocenters. The number of hydrogen-bond donors (Lipinski definition) is 2. The third-order valence-corrected chi connectivity index (χ3v) is 9.18. The van der Waals surface area contributed by atoms with Crippen LogP contribution in [0.5, 0.6) is 0 Å². The van der Waals surface area contributed by atoms with E-state index in [4.69, 9.17) is 0 Å². The second kappa shape index (κ2) is 15.9. The average Bonchev–Trinajstić information content (AvgIpc) is 2.45. The Morgan fingerprint density at radius 2 is 1.90 bits per heavy atom. The van der Waals surface area contributed by atoms with Gasteiger partial charge in [0.05, 0.1) is 0 Å². The molecule has 0 fully saturated rings. The van der Waals surface area contributed by atoms with Crippen LogP contribution < -0.4 is 43.6 Å². The first-order valence-electron chi connectivity index (χ1n) is 6.72. The first-order valence-corrected chi connectivity index (χ1v) is 21.5. The molecule has 0 saturated heterocycles. The summed E-state index contributed by atoms with van der Waals surface area (Å²) in [7, 11) is 0. The standard InChI is InChI=1S/C12H22I4N2O2/c1-2-3-4-8-11(19)17-9-6-5-7-10(18-16-14)12(20)15-13/h10,18H,2-9H2,1H3,(H,17,19)/q-2. The summed E-state index contributed by atoms with van der Waals surface area (Å²) < 4.78 is 3.76. The number of nitrogens with one attached hydrogen (secondary N) is 2. The summed E-state index contributed by atoms with van der Waals surface area (Å²) in [6.07, 6.45) is 6.78. The van der Waals surface area contributed by atoms with Gasteiger partial charge in [0.1, 0.15) is 0 Å². The number of carbonyl (C=O) groups is 2. The fourth-order valence-electron chi connectivity index (χ4n) is 1.64. The maximum absolute atomic E-state index is 11.7. The first kappa shape index (κ1) is 22.0. The minimum absolute atomic E-state index is 0.0738. The molecule has 0 aromatic rings. The van der Waals surface area contributed by atoms with Crippen LogP contribution in [-0.4, -0.2) is 22.3 Å². The van der Waals surface area contributed by atoms with Gasteiger partial charge in [0.25, 0.3) is 0 Å². The van der Waals surface area contributed by atoms with Crippen molar-refractivity contribution in [1.82, 2.24) is 8.85 Å².